The van der Waals surface area contributed by atoms with Crippen LogP contribution in [-0.2, 0) is 6.54 Å². The number of amides is 2. The van der Waals surface area contributed by atoms with E-state index in [1.807, 2.05) is 51.9 Å². The van der Waals surface area contributed by atoms with E-state index in [2.05, 4.69) is 10.2 Å². The molecule has 1 N–H and O–H groups in total. The van der Waals surface area contributed by atoms with E-state index in [0.29, 0.717) is 31.7 Å². The molecule has 2 amide bonds. The lowest BCUT2D eigenvalue weighted by Gasteiger charge is -2.24. The molecule has 33 heavy (non-hydrogen) atoms. The highest BCUT2D eigenvalue weighted by atomic mass is 19.1. The van der Waals surface area contributed by atoms with Gasteiger partial charge in [0.2, 0.25) is 0 Å². The van der Waals surface area contributed by atoms with Gasteiger partial charge in [-0.05, 0) is 48.4 Å². The lowest BCUT2D eigenvalue weighted by molar-refractivity contribution is 0.201. The summed E-state index contributed by atoms with van der Waals surface area (Å²) in [5.41, 5.74) is 3.45. The minimum Gasteiger partial charge on any atom is -0.497 e. The Morgan fingerprint density at radius 1 is 1.06 bits per heavy atom. The average Bonchev–Trinajstić information content (AvgIpc) is 3.20. The van der Waals surface area contributed by atoms with Crippen molar-refractivity contribution in [3.63, 3.8) is 0 Å². The first-order chi connectivity index (χ1) is 16.1. The molecule has 0 aliphatic carbocycles. The van der Waals surface area contributed by atoms with Crippen molar-refractivity contribution in [1.29, 1.82) is 0 Å². The van der Waals surface area contributed by atoms with Crippen LogP contribution < -0.4 is 15.0 Å². The predicted molar refractivity (Wildman–Crippen MR) is 126 cm³/mol. The Morgan fingerprint density at radius 3 is 2.85 bits per heavy atom. The second-order valence-electron chi connectivity index (χ2n) is 8.17. The van der Waals surface area contributed by atoms with E-state index in [0.717, 1.165) is 41.1 Å². The summed E-state index contributed by atoms with van der Waals surface area (Å²) in [4.78, 5) is 21.6. The van der Waals surface area contributed by atoms with Gasteiger partial charge in [-0.15, -0.1) is 0 Å². The van der Waals surface area contributed by atoms with Gasteiger partial charge in [-0.3, -0.25) is 0 Å². The number of rotatable bonds is 4. The second kappa shape index (κ2) is 8.97. The SMILES string of the molecule is COc1cccc(CNC(=O)N2CCCN(c3nc4cc(F)ccc4n4cccc34)CC2)c1. The largest absolute Gasteiger partial charge is 0.497 e. The number of benzene rings is 2. The van der Waals surface area contributed by atoms with Crippen LogP contribution in [0.3, 0.4) is 0 Å². The molecule has 0 unspecified atom stereocenters. The zero-order chi connectivity index (χ0) is 22.8. The third-order valence-corrected chi connectivity index (χ3v) is 6.06. The first-order valence-corrected chi connectivity index (χ1v) is 11.1. The van der Waals surface area contributed by atoms with Gasteiger partial charge in [0, 0.05) is 45.0 Å². The standard InChI is InChI=1S/C25H26FN5O2/c1-33-20-6-2-5-18(15-20)17-27-25(32)30-11-4-10-29(13-14-30)24-23-7-3-12-31(23)22-9-8-19(26)16-21(22)28-24/h2-3,5-9,12,15-16H,4,10-11,13-14,17H2,1H3,(H,27,32). The molecule has 7 nitrogen and oxygen atoms in total. The zero-order valence-corrected chi connectivity index (χ0v) is 18.5. The molecule has 1 fully saturated rings. The van der Waals surface area contributed by atoms with E-state index in [1.54, 1.807) is 13.2 Å². The van der Waals surface area contributed by atoms with Crippen molar-refractivity contribution < 1.29 is 13.9 Å². The molecule has 0 radical (unpaired) electrons. The molecule has 1 aliphatic heterocycles. The monoisotopic (exact) mass is 447 g/mol. The number of fused-ring (bicyclic) bond motifs is 3. The van der Waals surface area contributed by atoms with Crippen LogP contribution in [0.15, 0.2) is 60.8 Å². The molecule has 0 spiro atoms. The Bertz CT molecular complexity index is 1300. The van der Waals surface area contributed by atoms with Crippen LogP contribution in [0.4, 0.5) is 15.0 Å². The van der Waals surface area contributed by atoms with Gasteiger partial charge < -0.3 is 24.3 Å². The van der Waals surface area contributed by atoms with E-state index in [-0.39, 0.29) is 11.8 Å². The molecule has 1 saturated heterocycles. The first kappa shape index (κ1) is 21.1. The number of urea groups is 1. The van der Waals surface area contributed by atoms with Gasteiger partial charge in [-0.25, -0.2) is 14.2 Å². The molecule has 4 aromatic rings. The number of nitrogens with zero attached hydrogens (tertiary/aromatic N) is 4. The van der Waals surface area contributed by atoms with Gasteiger partial charge in [0.15, 0.2) is 5.82 Å². The van der Waals surface area contributed by atoms with Gasteiger partial charge in [0.05, 0.1) is 23.7 Å². The maximum absolute atomic E-state index is 13.9. The number of anilines is 1. The maximum Gasteiger partial charge on any atom is 0.317 e. The fourth-order valence-electron chi connectivity index (χ4n) is 4.37. The summed E-state index contributed by atoms with van der Waals surface area (Å²) in [6, 6.07) is 16.3. The number of aromatic nitrogens is 2. The summed E-state index contributed by atoms with van der Waals surface area (Å²) in [6.07, 6.45) is 2.79. The van der Waals surface area contributed by atoms with Gasteiger partial charge in [0.25, 0.3) is 0 Å². The Kier molecular flexibility index (Phi) is 5.73. The van der Waals surface area contributed by atoms with Crippen molar-refractivity contribution in [3.05, 3.63) is 72.2 Å². The van der Waals surface area contributed by atoms with Crippen LogP contribution in [0.2, 0.25) is 0 Å². The van der Waals surface area contributed by atoms with Gasteiger partial charge in [-0.1, -0.05) is 12.1 Å². The summed E-state index contributed by atoms with van der Waals surface area (Å²) in [5.74, 6) is 1.28. The Hall–Kier alpha value is -3.81. The van der Waals surface area contributed by atoms with Crippen molar-refractivity contribution in [2.24, 2.45) is 0 Å². The Morgan fingerprint density at radius 2 is 1.97 bits per heavy atom. The van der Waals surface area contributed by atoms with Gasteiger partial charge in [-0.2, -0.15) is 0 Å². The molecule has 3 heterocycles. The molecule has 0 bridgehead atoms. The Balaban J connectivity index is 1.30. The maximum atomic E-state index is 13.9. The molecule has 8 heteroatoms. The number of carbonyl (C=O) groups is 1. The number of hydrogen-bond donors (Lipinski definition) is 1. The van der Waals surface area contributed by atoms with Crippen LogP contribution in [-0.4, -0.2) is 53.6 Å². The highest BCUT2D eigenvalue weighted by molar-refractivity contribution is 5.85. The number of carbonyl (C=O) groups excluding carboxylic acids is 1. The summed E-state index contributed by atoms with van der Waals surface area (Å²) in [7, 11) is 1.63. The average molecular weight is 448 g/mol. The fraction of sp³-hybridized carbons (Fsp3) is 0.280. The number of ether oxygens (including phenoxy) is 1. The minimum absolute atomic E-state index is 0.0824. The number of methoxy groups -OCH3 is 1. The molecule has 1 aliphatic rings. The highest BCUT2D eigenvalue weighted by Crippen LogP contribution is 2.26. The summed E-state index contributed by atoms with van der Waals surface area (Å²) in [5, 5.41) is 3.01. The molecule has 2 aromatic carbocycles. The summed E-state index contributed by atoms with van der Waals surface area (Å²) >= 11 is 0. The Labute approximate surface area is 191 Å². The van der Waals surface area contributed by atoms with E-state index in [1.165, 1.54) is 12.1 Å². The number of hydrogen-bond acceptors (Lipinski definition) is 4. The normalized spacial score (nSPS) is 14.5. The van der Waals surface area contributed by atoms with Crippen LogP contribution in [0.5, 0.6) is 5.75 Å². The van der Waals surface area contributed by atoms with Crippen molar-refractivity contribution in [1.82, 2.24) is 19.6 Å². The summed E-state index contributed by atoms with van der Waals surface area (Å²) < 4.78 is 21.1. The van der Waals surface area contributed by atoms with Crippen molar-refractivity contribution >= 4 is 28.4 Å². The molecule has 2 aromatic heterocycles. The van der Waals surface area contributed by atoms with Gasteiger partial charge in [0.1, 0.15) is 11.6 Å². The topological polar surface area (TPSA) is 62.1 Å². The molecule has 0 saturated carbocycles. The molecular formula is C25H26FN5O2. The number of nitrogens with one attached hydrogen (secondary N) is 1. The number of halogens is 1. The minimum atomic E-state index is -0.304. The van der Waals surface area contributed by atoms with Crippen molar-refractivity contribution in [2.45, 2.75) is 13.0 Å². The fourth-order valence-corrected chi connectivity index (χ4v) is 4.37. The first-order valence-electron chi connectivity index (χ1n) is 11.1. The molecule has 170 valence electrons. The zero-order valence-electron chi connectivity index (χ0n) is 18.5. The third-order valence-electron chi connectivity index (χ3n) is 6.06. The van der Waals surface area contributed by atoms with E-state index in [9.17, 15) is 9.18 Å². The van der Waals surface area contributed by atoms with Gasteiger partial charge >= 0.3 is 6.03 Å². The van der Waals surface area contributed by atoms with Crippen LogP contribution in [0.25, 0.3) is 16.6 Å². The predicted octanol–water partition coefficient (Wildman–Crippen LogP) is 4.06. The third kappa shape index (κ3) is 4.28. The molecule has 5 rings (SSSR count). The second-order valence-corrected chi connectivity index (χ2v) is 8.17. The van der Waals surface area contributed by atoms with Crippen molar-refractivity contribution in [2.75, 3.05) is 38.2 Å². The van der Waals surface area contributed by atoms with Crippen LogP contribution in [0, 0.1) is 5.82 Å². The quantitative estimate of drug-likeness (QED) is 0.513. The molecular weight excluding hydrogens is 421 g/mol. The van der Waals surface area contributed by atoms with E-state index < -0.39 is 0 Å². The highest BCUT2D eigenvalue weighted by Gasteiger charge is 2.22. The van der Waals surface area contributed by atoms with Crippen LogP contribution >= 0.6 is 0 Å². The van der Waals surface area contributed by atoms with Crippen molar-refractivity contribution in [3.8, 4) is 5.75 Å². The van der Waals surface area contributed by atoms with E-state index >= 15 is 0 Å². The summed E-state index contributed by atoms with van der Waals surface area (Å²) in [6.45, 7) is 3.12. The molecule has 0 atom stereocenters. The van der Waals surface area contributed by atoms with Crippen LogP contribution in [0.1, 0.15) is 12.0 Å². The lowest BCUT2D eigenvalue weighted by atomic mass is 10.2. The van der Waals surface area contributed by atoms with E-state index in [4.69, 9.17) is 9.72 Å². The smallest absolute Gasteiger partial charge is 0.317 e. The lowest BCUT2D eigenvalue weighted by Crippen LogP contribution is -2.41.